The number of rotatable bonds is 3. The van der Waals surface area contributed by atoms with Crippen molar-refractivity contribution >= 4 is 17.0 Å². The van der Waals surface area contributed by atoms with Crippen molar-refractivity contribution in [1.82, 2.24) is 19.5 Å². The van der Waals surface area contributed by atoms with Crippen molar-refractivity contribution in [3.8, 4) is 0 Å². The van der Waals surface area contributed by atoms with Gasteiger partial charge >= 0.3 is 0 Å². The summed E-state index contributed by atoms with van der Waals surface area (Å²) in [6.07, 6.45) is -1.44. The lowest BCUT2D eigenvalue weighted by Crippen LogP contribution is -2.32. The number of aliphatic hydroxyl groups excluding tert-OH is 2. The summed E-state index contributed by atoms with van der Waals surface area (Å²) in [6.45, 7) is -0.0883. The average molecular weight is 292 g/mol. The molecule has 1 aliphatic rings. The second kappa shape index (κ2) is 5.14. The first-order valence-electron chi connectivity index (χ1n) is 6.09. The molecule has 2 aromatic heterocycles. The van der Waals surface area contributed by atoms with Crippen LogP contribution in [0.25, 0.3) is 21.6 Å². The van der Waals surface area contributed by atoms with Crippen LogP contribution in [0.4, 0.5) is 5.82 Å². The molecule has 1 saturated heterocycles. The number of anilines is 1. The Bertz CT molecular complexity index is 711. The third kappa shape index (κ3) is 2.14. The predicted octanol–water partition coefficient (Wildman–Crippen LogP) is -0.662. The van der Waals surface area contributed by atoms with Crippen LogP contribution in [0, 0.1) is 0 Å². The molecule has 2 aromatic rings. The first-order valence-corrected chi connectivity index (χ1v) is 6.09. The summed E-state index contributed by atoms with van der Waals surface area (Å²) in [5.41, 5.74) is 14.8. The van der Waals surface area contributed by atoms with Crippen LogP contribution in [0.1, 0.15) is 6.23 Å². The molecule has 1 fully saturated rings. The maximum Gasteiger partial charge on any atom is 0.167 e. The molecule has 21 heavy (non-hydrogen) atoms. The van der Waals surface area contributed by atoms with Crippen LogP contribution in [-0.2, 0) is 4.74 Å². The van der Waals surface area contributed by atoms with Crippen LogP contribution in [0.15, 0.2) is 17.8 Å². The number of hydrogen-bond acceptors (Lipinski definition) is 8. The lowest BCUT2D eigenvalue weighted by atomic mass is 10.1. The third-order valence-electron chi connectivity index (χ3n) is 3.32. The molecular weight excluding hydrogens is 280 g/mol. The molecule has 110 valence electrons. The van der Waals surface area contributed by atoms with Gasteiger partial charge in [-0.05, 0) is 5.53 Å². The number of aromatic nitrogens is 4. The Morgan fingerprint density at radius 1 is 1.38 bits per heavy atom. The van der Waals surface area contributed by atoms with Crippen LogP contribution in [0.2, 0.25) is 0 Å². The molecule has 11 nitrogen and oxygen atoms in total. The second-order valence-electron chi connectivity index (χ2n) is 4.54. The van der Waals surface area contributed by atoms with Gasteiger partial charge in [0.25, 0.3) is 0 Å². The van der Waals surface area contributed by atoms with Crippen LogP contribution in [0.3, 0.4) is 0 Å². The number of nitrogen functional groups attached to an aromatic ring is 1. The largest absolute Gasteiger partial charge is 0.388 e. The topological polar surface area (TPSA) is 168 Å². The van der Waals surface area contributed by atoms with Crippen molar-refractivity contribution in [2.24, 2.45) is 5.11 Å². The summed E-state index contributed by atoms with van der Waals surface area (Å²) in [4.78, 5) is 14.5. The van der Waals surface area contributed by atoms with Gasteiger partial charge in [-0.15, -0.1) is 0 Å². The highest BCUT2D eigenvalue weighted by atomic mass is 16.6. The Kier molecular flexibility index (Phi) is 3.31. The molecule has 0 aliphatic carbocycles. The first kappa shape index (κ1) is 13.5. The Hall–Kier alpha value is -2.46. The zero-order valence-electron chi connectivity index (χ0n) is 10.7. The van der Waals surface area contributed by atoms with Crippen molar-refractivity contribution in [1.29, 1.82) is 0 Å². The lowest BCUT2D eigenvalue weighted by Gasteiger charge is -2.16. The van der Waals surface area contributed by atoms with E-state index in [4.69, 9.17) is 16.0 Å². The van der Waals surface area contributed by atoms with E-state index >= 15 is 0 Å². The molecule has 4 atom stereocenters. The van der Waals surface area contributed by atoms with Gasteiger partial charge in [0.2, 0.25) is 0 Å². The summed E-state index contributed by atoms with van der Waals surface area (Å²) in [5, 5.41) is 23.4. The molecule has 0 spiro atoms. The van der Waals surface area contributed by atoms with Gasteiger partial charge in [-0.3, -0.25) is 4.57 Å². The molecule has 2 unspecified atom stereocenters. The van der Waals surface area contributed by atoms with Crippen molar-refractivity contribution in [2.45, 2.75) is 24.5 Å². The second-order valence-corrected chi connectivity index (χ2v) is 4.54. The minimum atomic E-state index is -1.21. The van der Waals surface area contributed by atoms with Gasteiger partial charge in [-0.25, -0.2) is 15.0 Å². The van der Waals surface area contributed by atoms with E-state index in [-0.39, 0.29) is 12.4 Å². The fraction of sp³-hybridized carbons (Fsp3) is 0.500. The van der Waals surface area contributed by atoms with Crippen molar-refractivity contribution in [3.63, 3.8) is 0 Å². The fourth-order valence-electron chi connectivity index (χ4n) is 2.28. The molecule has 4 N–H and O–H groups in total. The number of nitrogens with two attached hydrogens (primary N) is 1. The highest BCUT2D eigenvalue weighted by Crippen LogP contribution is 2.31. The molecule has 0 aromatic carbocycles. The van der Waals surface area contributed by atoms with Gasteiger partial charge in [0.1, 0.15) is 24.1 Å². The van der Waals surface area contributed by atoms with E-state index in [9.17, 15) is 10.2 Å². The number of azide groups is 1. The van der Waals surface area contributed by atoms with Crippen molar-refractivity contribution in [2.75, 3.05) is 12.3 Å². The quantitative estimate of drug-likeness (QED) is 0.383. The van der Waals surface area contributed by atoms with Gasteiger partial charge in [0, 0.05) is 4.91 Å². The Labute approximate surface area is 117 Å². The number of imidazole rings is 1. The first-order chi connectivity index (χ1) is 10.1. The van der Waals surface area contributed by atoms with E-state index in [1.165, 1.54) is 17.2 Å². The zero-order valence-corrected chi connectivity index (χ0v) is 10.7. The summed E-state index contributed by atoms with van der Waals surface area (Å²) in [6, 6.07) is 0. The minimum Gasteiger partial charge on any atom is -0.388 e. The minimum absolute atomic E-state index is 0.0883. The Morgan fingerprint density at radius 3 is 2.95 bits per heavy atom. The number of nitrogens with zero attached hydrogens (tertiary/aromatic N) is 7. The van der Waals surface area contributed by atoms with Gasteiger partial charge in [0.15, 0.2) is 17.7 Å². The number of fused-ring (bicyclic) bond motifs is 1. The highest BCUT2D eigenvalue weighted by Gasteiger charge is 2.43. The van der Waals surface area contributed by atoms with Crippen LogP contribution < -0.4 is 5.73 Å². The van der Waals surface area contributed by atoms with Crippen molar-refractivity contribution in [3.05, 3.63) is 23.1 Å². The number of aliphatic hydroxyl groups is 2. The molecule has 3 rings (SSSR count). The van der Waals surface area contributed by atoms with Gasteiger partial charge in [-0.2, -0.15) is 0 Å². The molecule has 0 radical (unpaired) electrons. The van der Waals surface area contributed by atoms with Crippen LogP contribution >= 0.6 is 0 Å². The summed E-state index contributed by atoms with van der Waals surface area (Å²) < 4.78 is 6.99. The molecule has 11 heteroatoms. The van der Waals surface area contributed by atoms with Gasteiger partial charge in [-0.1, -0.05) is 5.11 Å². The highest BCUT2D eigenvalue weighted by molar-refractivity contribution is 5.81. The van der Waals surface area contributed by atoms with E-state index in [1.54, 1.807) is 0 Å². The number of ether oxygens (including phenoxy) is 1. The van der Waals surface area contributed by atoms with Gasteiger partial charge in [0.05, 0.1) is 19.0 Å². The molecule has 0 saturated carbocycles. The third-order valence-corrected chi connectivity index (χ3v) is 3.32. The normalized spacial score (nSPS) is 28.7. The Morgan fingerprint density at radius 2 is 2.19 bits per heavy atom. The maximum atomic E-state index is 10.1. The van der Waals surface area contributed by atoms with E-state index in [1.807, 2.05) is 0 Å². The molecular formula is C10H12N8O3. The maximum absolute atomic E-state index is 10.1. The smallest absolute Gasteiger partial charge is 0.167 e. The standard InChI is InChI=1S/C10H12N8O3/c11-8-5-9(14-2-13-8)18(3-15-5)10-7(20)6(19)4(21-10)1-16-17-12/h2-4,6-7,10,19-20H,1H2,(H2,11,13,14)/t4-,6?,7?,10-/m1/s1. The molecule has 0 amide bonds. The zero-order chi connectivity index (χ0) is 15.0. The summed E-state index contributed by atoms with van der Waals surface area (Å²) in [7, 11) is 0. The van der Waals surface area contributed by atoms with Gasteiger partial charge < -0.3 is 20.7 Å². The van der Waals surface area contributed by atoms with E-state index in [0.717, 1.165) is 0 Å². The predicted molar refractivity (Wildman–Crippen MR) is 69.7 cm³/mol. The van der Waals surface area contributed by atoms with E-state index < -0.39 is 24.5 Å². The van der Waals surface area contributed by atoms with E-state index in [0.29, 0.717) is 11.2 Å². The summed E-state index contributed by atoms with van der Waals surface area (Å²) >= 11 is 0. The summed E-state index contributed by atoms with van der Waals surface area (Å²) in [5.74, 6) is 0.206. The van der Waals surface area contributed by atoms with E-state index in [2.05, 4.69) is 25.0 Å². The molecule has 1 aliphatic heterocycles. The van der Waals surface area contributed by atoms with Crippen LogP contribution in [-0.4, -0.2) is 54.6 Å². The van der Waals surface area contributed by atoms with Crippen LogP contribution in [0.5, 0.6) is 0 Å². The Balaban J connectivity index is 1.95. The SMILES string of the molecule is [N-]=[N+]=NC[C@H]1O[C@@H](n2cnc3c(N)ncnc32)C(O)C1O. The average Bonchev–Trinajstić information content (AvgIpc) is 3.02. The molecule has 3 heterocycles. The monoisotopic (exact) mass is 292 g/mol. The van der Waals surface area contributed by atoms with Crippen molar-refractivity contribution < 1.29 is 14.9 Å². The number of hydrogen-bond donors (Lipinski definition) is 3. The molecule has 0 bridgehead atoms. The lowest BCUT2D eigenvalue weighted by molar-refractivity contribution is -0.0321. The fourth-order valence-corrected chi connectivity index (χ4v) is 2.28.